The molecule has 3 aromatic carbocycles. The number of aromatic nitrogens is 2. The minimum atomic E-state index is -0.360. The molecule has 0 amide bonds. The summed E-state index contributed by atoms with van der Waals surface area (Å²) >= 11 is 0. The molecule has 0 aliphatic carbocycles. The summed E-state index contributed by atoms with van der Waals surface area (Å²) in [4.78, 5) is 9.42. The summed E-state index contributed by atoms with van der Waals surface area (Å²) in [6.07, 6.45) is -0.360. The van der Waals surface area contributed by atoms with Crippen molar-refractivity contribution in [1.29, 1.82) is 0 Å². The lowest BCUT2D eigenvalue weighted by Gasteiger charge is -2.26. The van der Waals surface area contributed by atoms with Gasteiger partial charge in [0.25, 0.3) is 0 Å². The van der Waals surface area contributed by atoms with E-state index in [-0.39, 0.29) is 6.17 Å². The number of nitrogens with one attached hydrogen (secondary N) is 1. The maximum atomic E-state index is 6.11. The van der Waals surface area contributed by atoms with Crippen molar-refractivity contribution in [3.8, 4) is 5.75 Å². The van der Waals surface area contributed by atoms with Crippen LogP contribution in [0.25, 0.3) is 21.8 Å². The highest BCUT2D eigenvalue weighted by molar-refractivity contribution is 5.96. The van der Waals surface area contributed by atoms with Gasteiger partial charge in [-0.15, -0.1) is 0 Å². The second-order valence-corrected chi connectivity index (χ2v) is 6.44. The number of aliphatic imine (C=N–C) groups is 1. The molecule has 6 nitrogen and oxygen atoms in total. The quantitative estimate of drug-likeness (QED) is 0.583. The monoisotopic (exact) mass is 357 g/mol. The van der Waals surface area contributed by atoms with Gasteiger partial charge in [0.2, 0.25) is 5.95 Å². The molecular formula is C21H19N5O. The molecule has 6 heteroatoms. The Morgan fingerprint density at radius 3 is 2.78 bits per heavy atom. The van der Waals surface area contributed by atoms with Gasteiger partial charge in [-0.2, -0.15) is 0 Å². The summed E-state index contributed by atoms with van der Waals surface area (Å²) in [5.41, 5.74) is 8.99. The van der Waals surface area contributed by atoms with Crippen LogP contribution in [-0.4, -0.2) is 22.1 Å². The number of hydrogen-bond donors (Lipinski definition) is 2. The van der Waals surface area contributed by atoms with Crippen molar-refractivity contribution >= 4 is 33.7 Å². The van der Waals surface area contributed by atoms with Crippen LogP contribution in [0.3, 0.4) is 0 Å². The van der Waals surface area contributed by atoms with Crippen LogP contribution < -0.4 is 15.8 Å². The van der Waals surface area contributed by atoms with Crippen LogP contribution in [0.4, 0.5) is 5.95 Å². The van der Waals surface area contributed by atoms with E-state index in [1.165, 1.54) is 0 Å². The molecule has 2 heterocycles. The largest absolute Gasteiger partial charge is 0.493 e. The van der Waals surface area contributed by atoms with Crippen LogP contribution in [0.1, 0.15) is 18.7 Å². The molecule has 0 saturated carbocycles. The number of anilines is 1. The number of para-hydroxylation sites is 2. The van der Waals surface area contributed by atoms with Gasteiger partial charge in [-0.3, -0.25) is 9.88 Å². The average Bonchev–Trinajstić information content (AvgIpc) is 3.05. The minimum Gasteiger partial charge on any atom is -0.493 e. The Bertz CT molecular complexity index is 1190. The number of fused-ring (bicyclic) bond motifs is 4. The van der Waals surface area contributed by atoms with E-state index in [9.17, 15) is 0 Å². The number of nitrogens with two attached hydrogens (primary N) is 1. The van der Waals surface area contributed by atoms with Crippen LogP contribution in [0, 0.1) is 0 Å². The fourth-order valence-corrected chi connectivity index (χ4v) is 3.73. The second kappa shape index (κ2) is 6.02. The third-order valence-electron chi connectivity index (χ3n) is 4.83. The van der Waals surface area contributed by atoms with E-state index in [0.717, 1.165) is 33.1 Å². The Balaban J connectivity index is 1.85. The zero-order valence-corrected chi connectivity index (χ0v) is 14.9. The zero-order valence-electron chi connectivity index (χ0n) is 14.9. The maximum Gasteiger partial charge on any atom is 0.212 e. The lowest BCUT2D eigenvalue weighted by Crippen LogP contribution is -2.31. The molecule has 1 aliphatic rings. The van der Waals surface area contributed by atoms with Crippen LogP contribution in [0.5, 0.6) is 5.75 Å². The summed E-state index contributed by atoms with van der Waals surface area (Å²) in [5.74, 6) is 1.84. The fraction of sp³-hybridized carbons (Fsp3) is 0.143. The number of benzene rings is 3. The topological polar surface area (TPSA) is 77.5 Å². The summed E-state index contributed by atoms with van der Waals surface area (Å²) in [6.45, 7) is 2.56. The highest BCUT2D eigenvalue weighted by Crippen LogP contribution is 2.40. The lowest BCUT2D eigenvalue weighted by molar-refractivity contribution is 0.333. The molecule has 4 aromatic rings. The van der Waals surface area contributed by atoms with E-state index < -0.39 is 0 Å². The summed E-state index contributed by atoms with van der Waals surface area (Å²) in [7, 11) is 0. The standard InChI is InChI=1S/C21H19N5O/c1-2-27-17-12-11-13-7-3-4-8-14(13)18(17)19-24-20(22)25-21-23-15-9-5-6-10-16(15)26(19)21/h3-12,19H,2H2,1H3,(H3,22,23,24,25)/t19-/m0/s1. The van der Waals surface area contributed by atoms with Gasteiger partial charge in [0.1, 0.15) is 5.75 Å². The van der Waals surface area contributed by atoms with Crippen molar-refractivity contribution in [3.05, 3.63) is 66.2 Å². The predicted octanol–water partition coefficient (Wildman–Crippen LogP) is 3.88. The number of guanidine groups is 1. The summed E-state index contributed by atoms with van der Waals surface area (Å²) < 4.78 is 8.05. The Kier molecular flexibility index (Phi) is 3.50. The molecule has 0 unspecified atom stereocenters. The molecule has 0 radical (unpaired) electrons. The van der Waals surface area contributed by atoms with Crippen LogP contribution >= 0.6 is 0 Å². The van der Waals surface area contributed by atoms with Crippen molar-refractivity contribution in [2.75, 3.05) is 11.9 Å². The Labute approximate surface area is 156 Å². The van der Waals surface area contributed by atoms with Crippen molar-refractivity contribution < 1.29 is 4.74 Å². The second-order valence-electron chi connectivity index (χ2n) is 6.44. The van der Waals surface area contributed by atoms with Gasteiger partial charge in [0.05, 0.1) is 17.6 Å². The summed E-state index contributed by atoms with van der Waals surface area (Å²) in [6, 6.07) is 20.3. The molecule has 1 atom stereocenters. The molecule has 27 heavy (non-hydrogen) atoms. The van der Waals surface area contributed by atoms with Crippen LogP contribution in [-0.2, 0) is 0 Å². The van der Waals surface area contributed by atoms with Crippen molar-refractivity contribution in [3.63, 3.8) is 0 Å². The molecule has 3 N–H and O–H groups in total. The Morgan fingerprint density at radius 2 is 1.89 bits per heavy atom. The van der Waals surface area contributed by atoms with Crippen molar-refractivity contribution in [2.45, 2.75) is 13.1 Å². The Morgan fingerprint density at radius 1 is 1.07 bits per heavy atom. The first-order valence-corrected chi connectivity index (χ1v) is 8.98. The smallest absolute Gasteiger partial charge is 0.212 e. The van der Waals surface area contributed by atoms with Crippen molar-refractivity contribution in [2.24, 2.45) is 10.7 Å². The Hall–Kier alpha value is -3.54. The average molecular weight is 357 g/mol. The normalized spacial score (nSPS) is 16.0. The highest BCUT2D eigenvalue weighted by atomic mass is 16.5. The number of hydrogen-bond acceptors (Lipinski definition) is 5. The van der Waals surface area contributed by atoms with E-state index in [2.05, 4.69) is 33.1 Å². The van der Waals surface area contributed by atoms with E-state index >= 15 is 0 Å². The first kappa shape index (κ1) is 15.7. The molecule has 1 aromatic heterocycles. The molecule has 0 bridgehead atoms. The molecule has 5 rings (SSSR count). The third kappa shape index (κ3) is 2.41. The van der Waals surface area contributed by atoms with E-state index in [0.29, 0.717) is 18.5 Å². The number of rotatable bonds is 3. The minimum absolute atomic E-state index is 0.346. The first-order valence-electron chi connectivity index (χ1n) is 8.98. The third-order valence-corrected chi connectivity index (χ3v) is 4.83. The van der Waals surface area contributed by atoms with Crippen LogP contribution in [0.2, 0.25) is 0 Å². The van der Waals surface area contributed by atoms with Gasteiger partial charge >= 0.3 is 0 Å². The number of imidazole rings is 1. The first-order chi connectivity index (χ1) is 13.3. The lowest BCUT2D eigenvalue weighted by atomic mass is 10.0. The van der Waals surface area contributed by atoms with Gasteiger partial charge in [0, 0.05) is 5.56 Å². The van der Waals surface area contributed by atoms with Gasteiger partial charge in [-0.1, -0.05) is 42.5 Å². The molecule has 1 aliphatic heterocycles. The van der Waals surface area contributed by atoms with Gasteiger partial charge in [-0.05, 0) is 35.9 Å². The van der Waals surface area contributed by atoms with Gasteiger partial charge < -0.3 is 10.5 Å². The molecular weight excluding hydrogens is 338 g/mol. The van der Waals surface area contributed by atoms with Gasteiger partial charge in [-0.25, -0.2) is 9.98 Å². The van der Waals surface area contributed by atoms with E-state index in [4.69, 9.17) is 15.5 Å². The predicted molar refractivity (Wildman–Crippen MR) is 108 cm³/mol. The number of ether oxygens (including phenoxy) is 1. The summed E-state index contributed by atoms with van der Waals surface area (Å²) in [5, 5.41) is 5.31. The number of nitrogens with zero attached hydrogens (tertiary/aromatic N) is 3. The SMILES string of the molecule is CCOc1ccc2ccccc2c1[C@H]1N=C(N)Nc2nc3ccccc3n21. The molecule has 0 spiro atoms. The fourth-order valence-electron chi connectivity index (χ4n) is 3.73. The maximum absolute atomic E-state index is 6.11. The zero-order chi connectivity index (χ0) is 18.4. The molecule has 134 valence electrons. The molecule has 0 fully saturated rings. The highest BCUT2D eigenvalue weighted by Gasteiger charge is 2.28. The van der Waals surface area contributed by atoms with Crippen LogP contribution in [0.15, 0.2) is 65.7 Å². The van der Waals surface area contributed by atoms with E-state index in [1.54, 1.807) is 0 Å². The molecule has 0 saturated heterocycles. The van der Waals surface area contributed by atoms with Gasteiger partial charge in [0.15, 0.2) is 12.1 Å². The van der Waals surface area contributed by atoms with Crippen molar-refractivity contribution in [1.82, 2.24) is 9.55 Å². The van der Waals surface area contributed by atoms with E-state index in [1.807, 2.05) is 49.4 Å².